The first-order valence-electron chi connectivity index (χ1n) is 4.50. The van der Waals surface area contributed by atoms with Crippen molar-refractivity contribution in [3.05, 3.63) is 11.8 Å². The Balaban J connectivity index is 0.00000106. The molecule has 0 aliphatic rings. The summed E-state index contributed by atoms with van der Waals surface area (Å²) in [5.74, 6) is -1.17. The maximum absolute atomic E-state index is 12.1. The van der Waals surface area contributed by atoms with E-state index in [0.717, 1.165) is 0 Å². The van der Waals surface area contributed by atoms with Gasteiger partial charge in [-0.15, -0.1) is 18.3 Å². The van der Waals surface area contributed by atoms with E-state index in [1.165, 1.54) is 7.05 Å². The Bertz CT molecular complexity index is 359. The van der Waals surface area contributed by atoms with Gasteiger partial charge in [0.05, 0.1) is 0 Å². The summed E-state index contributed by atoms with van der Waals surface area (Å²) in [6.07, 6.45) is -4.12. The van der Waals surface area contributed by atoms with Crippen LogP contribution in [0.15, 0.2) is 6.20 Å². The van der Waals surface area contributed by atoms with Crippen molar-refractivity contribution in [1.29, 1.82) is 0 Å². The Kier molecular flexibility index (Phi) is 4.80. The van der Waals surface area contributed by atoms with Gasteiger partial charge in [0.15, 0.2) is 5.82 Å². The summed E-state index contributed by atoms with van der Waals surface area (Å²) in [4.78, 5) is 10.7. The Morgan fingerprint density at radius 2 is 2.00 bits per heavy atom. The van der Waals surface area contributed by atoms with Crippen LogP contribution in [0.1, 0.15) is 24.2 Å². The van der Waals surface area contributed by atoms with Gasteiger partial charge >= 0.3 is 6.30 Å². The van der Waals surface area contributed by atoms with Crippen LogP contribution < -0.4 is 11.1 Å². The number of primary amides is 1. The van der Waals surface area contributed by atoms with Gasteiger partial charge in [-0.25, -0.2) is 0 Å². The molecule has 0 unspecified atom stereocenters. The molecule has 0 aromatic carbocycles. The molecule has 0 saturated heterocycles. The van der Waals surface area contributed by atoms with Crippen molar-refractivity contribution in [1.82, 2.24) is 9.78 Å². The summed E-state index contributed by atoms with van der Waals surface area (Å²) in [6.45, 7) is 4.00. The van der Waals surface area contributed by atoms with Gasteiger partial charge in [-0.1, -0.05) is 13.8 Å². The Morgan fingerprint density at radius 3 is 2.25 bits per heavy atom. The van der Waals surface area contributed by atoms with Crippen molar-refractivity contribution in [3.63, 3.8) is 0 Å². The number of hydrogen-bond acceptors (Lipinski definition) is 3. The number of nitrogens with zero attached hydrogens (tertiary/aromatic N) is 2. The lowest BCUT2D eigenvalue weighted by Crippen LogP contribution is -2.17. The van der Waals surface area contributed by atoms with Crippen molar-refractivity contribution < 1.29 is 18.0 Å². The number of hydrogen-bond donors (Lipinski definition) is 2. The number of alkyl halides is 3. The summed E-state index contributed by atoms with van der Waals surface area (Å²) >= 11 is 0. The molecule has 0 aliphatic heterocycles. The monoisotopic (exact) mass is 238 g/mol. The van der Waals surface area contributed by atoms with Crippen LogP contribution in [0, 0.1) is 0 Å². The highest BCUT2D eigenvalue weighted by Gasteiger charge is 2.33. The smallest absolute Gasteiger partial charge is 0.371 e. The van der Waals surface area contributed by atoms with E-state index in [1.54, 1.807) is 0 Å². The minimum Gasteiger partial charge on any atom is -0.371 e. The van der Waals surface area contributed by atoms with E-state index < -0.39 is 12.2 Å². The Labute approximate surface area is 90.4 Å². The van der Waals surface area contributed by atoms with Crippen molar-refractivity contribution in [2.75, 3.05) is 12.4 Å². The summed E-state index contributed by atoms with van der Waals surface area (Å²) in [7, 11) is 1.34. The van der Waals surface area contributed by atoms with E-state index in [4.69, 9.17) is 5.73 Å². The number of anilines is 1. The second-order valence-electron chi connectivity index (χ2n) is 2.42. The number of amides is 1. The number of aromatic nitrogens is 2. The predicted octanol–water partition coefficient (Wildman–Crippen LogP) is 1.53. The maximum atomic E-state index is 12.1. The third-order valence-electron chi connectivity index (χ3n) is 1.48. The highest BCUT2D eigenvalue weighted by atomic mass is 19.4. The lowest BCUT2D eigenvalue weighted by molar-refractivity contribution is -0.212. The molecule has 16 heavy (non-hydrogen) atoms. The van der Waals surface area contributed by atoms with Crippen LogP contribution in [0.3, 0.4) is 0 Å². The van der Waals surface area contributed by atoms with Crippen LogP contribution >= 0.6 is 0 Å². The van der Waals surface area contributed by atoms with Crippen molar-refractivity contribution in [2.45, 2.75) is 20.1 Å². The number of rotatable bonds is 2. The van der Waals surface area contributed by atoms with E-state index >= 15 is 0 Å². The zero-order chi connectivity index (χ0) is 12.9. The van der Waals surface area contributed by atoms with Crippen LogP contribution in [-0.2, 0) is 6.30 Å². The fraction of sp³-hybridized carbons (Fsp3) is 0.500. The molecular weight excluding hydrogens is 225 g/mol. The van der Waals surface area contributed by atoms with Crippen LogP contribution in [0.2, 0.25) is 0 Å². The molecule has 0 radical (unpaired) electrons. The van der Waals surface area contributed by atoms with Crippen LogP contribution in [-0.4, -0.2) is 22.7 Å². The van der Waals surface area contributed by atoms with Gasteiger partial charge in [0, 0.05) is 13.2 Å². The van der Waals surface area contributed by atoms with Gasteiger partial charge in [-0.3, -0.25) is 4.79 Å². The van der Waals surface area contributed by atoms with Gasteiger partial charge in [-0.2, -0.15) is 4.68 Å². The van der Waals surface area contributed by atoms with Gasteiger partial charge in [0.2, 0.25) is 0 Å². The Hall–Kier alpha value is -1.73. The van der Waals surface area contributed by atoms with E-state index in [0.29, 0.717) is 6.20 Å². The summed E-state index contributed by atoms with van der Waals surface area (Å²) in [6, 6.07) is 0. The molecule has 0 spiro atoms. The first kappa shape index (κ1) is 14.3. The normalized spacial score (nSPS) is 10.4. The number of nitrogens with two attached hydrogens (primary N) is 1. The van der Waals surface area contributed by atoms with Gasteiger partial charge < -0.3 is 11.1 Å². The molecular formula is C8H13F3N4O. The number of carbonyl (C=O) groups excluding carboxylic acids is 1. The van der Waals surface area contributed by atoms with Crippen molar-refractivity contribution >= 4 is 11.7 Å². The Morgan fingerprint density at radius 1 is 1.50 bits per heavy atom. The molecule has 5 nitrogen and oxygen atoms in total. The molecule has 0 saturated carbocycles. The zero-order valence-corrected chi connectivity index (χ0v) is 9.09. The average molecular weight is 238 g/mol. The topological polar surface area (TPSA) is 72.9 Å². The molecule has 8 heteroatoms. The van der Waals surface area contributed by atoms with Crippen LogP contribution in [0.5, 0.6) is 0 Å². The van der Waals surface area contributed by atoms with E-state index in [2.05, 4.69) is 10.4 Å². The largest absolute Gasteiger partial charge is 0.504 e. The quantitative estimate of drug-likeness (QED) is 0.820. The van der Waals surface area contributed by atoms with Crippen molar-refractivity contribution in [2.24, 2.45) is 5.73 Å². The first-order chi connectivity index (χ1) is 7.36. The van der Waals surface area contributed by atoms with Crippen LogP contribution in [0.25, 0.3) is 0 Å². The minimum absolute atomic E-state index is 0.199. The molecule has 3 N–H and O–H groups in total. The molecule has 0 aliphatic carbocycles. The minimum atomic E-state index is -4.65. The van der Waals surface area contributed by atoms with E-state index in [-0.39, 0.29) is 16.1 Å². The summed E-state index contributed by atoms with van der Waals surface area (Å²) < 4.78 is 36.0. The number of carbonyl (C=O) groups is 1. The molecule has 1 rings (SSSR count). The molecule has 1 heterocycles. The number of nitrogens with one attached hydrogen (secondary N) is 1. The lowest BCUT2D eigenvalue weighted by Gasteiger charge is -2.03. The molecule has 1 amide bonds. The zero-order valence-electron chi connectivity index (χ0n) is 9.09. The molecule has 1 aromatic heterocycles. The lowest BCUT2D eigenvalue weighted by atomic mass is 10.3. The third-order valence-corrected chi connectivity index (χ3v) is 1.48. The molecule has 0 fully saturated rings. The van der Waals surface area contributed by atoms with Gasteiger partial charge in [0.25, 0.3) is 5.91 Å². The van der Waals surface area contributed by atoms with Crippen LogP contribution in [0.4, 0.5) is 19.0 Å². The first-order valence-corrected chi connectivity index (χ1v) is 4.50. The number of halogens is 3. The molecule has 0 atom stereocenters. The highest BCUT2D eigenvalue weighted by molar-refractivity contribution is 5.97. The predicted molar refractivity (Wildman–Crippen MR) is 52.9 cm³/mol. The fourth-order valence-corrected chi connectivity index (χ4v) is 0.869. The summed E-state index contributed by atoms with van der Waals surface area (Å²) in [5, 5.41) is 5.44. The van der Waals surface area contributed by atoms with Crippen molar-refractivity contribution in [3.8, 4) is 0 Å². The highest BCUT2D eigenvalue weighted by Crippen LogP contribution is 2.24. The SMILES string of the molecule is CC.CNc1nn(C(F)(F)F)cc1C(N)=O. The molecule has 0 bridgehead atoms. The molecule has 1 aromatic rings. The van der Waals surface area contributed by atoms with E-state index in [9.17, 15) is 18.0 Å². The second-order valence-corrected chi connectivity index (χ2v) is 2.42. The second kappa shape index (κ2) is 5.38. The maximum Gasteiger partial charge on any atom is 0.504 e. The third kappa shape index (κ3) is 3.14. The van der Waals surface area contributed by atoms with Gasteiger partial charge in [0.1, 0.15) is 5.56 Å². The average Bonchev–Trinajstić information content (AvgIpc) is 2.64. The van der Waals surface area contributed by atoms with E-state index in [1.807, 2.05) is 13.8 Å². The van der Waals surface area contributed by atoms with Gasteiger partial charge in [-0.05, 0) is 0 Å². The standard InChI is InChI=1S/C6H7F3N4O.C2H6/c1-11-5-3(4(10)14)2-13(12-5)6(7,8)9;1-2/h2H,1H3,(H2,10,14)(H,11,12);1-2H3. The fourth-order valence-electron chi connectivity index (χ4n) is 0.869. The molecule has 92 valence electrons. The summed E-state index contributed by atoms with van der Waals surface area (Å²) in [5.41, 5.74) is 4.55.